The van der Waals surface area contributed by atoms with Crippen LogP contribution >= 0.6 is 0 Å². The number of rotatable bonds is 1. The molecule has 85 valence electrons. The smallest absolute Gasteiger partial charge is 0.00879 e. The van der Waals surface area contributed by atoms with Crippen molar-refractivity contribution in [3.05, 3.63) is 18.1 Å². The lowest BCUT2D eigenvalue weighted by molar-refractivity contribution is 0.0532. The number of allylic oxidation sites excluding steroid dienone is 2. The van der Waals surface area contributed by atoms with Crippen LogP contribution in [-0.4, -0.2) is 0 Å². The third-order valence-corrected chi connectivity index (χ3v) is 5.27. The highest BCUT2D eigenvalue weighted by Crippen LogP contribution is 2.55. The van der Waals surface area contributed by atoms with Crippen LogP contribution in [0.2, 0.25) is 0 Å². The van der Waals surface area contributed by atoms with Gasteiger partial charge in [0.25, 0.3) is 0 Å². The summed E-state index contributed by atoms with van der Waals surface area (Å²) >= 11 is 0. The van der Waals surface area contributed by atoms with Crippen molar-refractivity contribution >= 4 is 0 Å². The lowest BCUT2D eigenvalue weighted by Gasteiger charge is -2.51. The highest BCUT2D eigenvalue weighted by molar-refractivity contribution is 5.19. The van der Waals surface area contributed by atoms with Crippen molar-refractivity contribution in [2.24, 2.45) is 23.2 Å². The molecule has 0 spiro atoms. The van der Waals surface area contributed by atoms with E-state index in [4.69, 9.17) is 0 Å². The Hall–Kier alpha value is -0.260. The Morgan fingerprint density at radius 2 is 2.13 bits per heavy atom. The van der Waals surface area contributed by atoms with Gasteiger partial charge in [0.2, 0.25) is 0 Å². The lowest BCUT2D eigenvalue weighted by atomic mass is 9.53. The van der Waals surface area contributed by atoms with Crippen LogP contribution in [-0.2, 0) is 0 Å². The van der Waals surface area contributed by atoms with Gasteiger partial charge in [-0.05, 0) is 62.2 Å². The maximum Gasteiger partial charge on any atom is -0.00879 e. The van der Waals surface area contributed by atoms with E-state index in [1.807, 2.05) is 0 Å². The fraction of sp³-hybridized carbons (Fsp3) is 0.800. The summed E-state index contributed by atoms with van der Waals surface area (Å²) in [7, 11) is 0. The molecule has 4 atom stereocenters. The van der Waals surface area contributed by atoms with Crippen molar-refractivity contribution in [1.82, 2.24) is 0 Å². The van der Waals surface area contributed by atoms with E-state index in [1.54, 1.807) is 5.57 Å². The average molecular weight is 205 g/mol. The second kappa shape index (κ2) is 3.96. The molecule has 1 saturated carbocycles. The minimum Gasteiger partial charge on any atom is -0.0850 e. The minimum atomic E-state index is 0.516. The topological polar surface area (TPSA) is 0 Å². The Morgan fingerprint density at radius 3 is 2.80 bits per heavy atom. The molecule has 0 aromatic heterocycles. The van der Waals surface area contributed by atoms with Crippen LogP contribution in [0.3, 0.4) is 0 Å². The first-order valence-corrected chi connectivity index (χ1v) is 6.56. The van der Waals surface area contributed by atoms with Gasteiger partial charge in [0.15, 0.2) is 0 Å². The first-order chi connectivity index (χ1) is 7.09. The summed E-state index contributed by atoms with van der Waals surface area (Å²) in [4.78, 5) is 0. The van der Waals surface area contributed by atoms with Gasteiger partial charge in [-0.1, -0.05) is 32.4 Å². The minimum absolute atomic E-state index is 0.516. The monoisotopic (exact) mass is 205 g/mol. The Labute approximate surface area is 95.1 Å². The van der Waals surface area contributed by atoms with Crippen LogP contribution in [0, 0.1) is 29.6 Å². The summed E-state index contributed by atoms with van der Waals surface area (Å²) in [5, 5.41) is 0. The zero-order valence-electron chi connectivity index (χ0n) is 10.7. The molecule has 2 aliphatic rings. The van der Waals surface area contributed by atoms with Crippen molar-refractivity contribution in [2.45, 2.75) is 53.4 Å². The van der Waals surface area contributed by atoms with Gasteiger partial charge in [-0.25, -0.2) is 0 Å². The van der Waals surface area contributed by atoms with E-state index < -0.39 is 0 Å². The average Bonchev–Trinajstić information content (AvgIpc) is 2.22. The molecule has 4 unspecified atom stereocenters. The molecule has 0 aromatic rings. The molecule has 0 N–H and O–H groups in total. The molecule has 2 rings (SSSR count). The van der Waals surface area contributed by atoms with Gasteiger partial charge in [0.1, 0.15) is 0 Å². The van der Waals surface area contributed by atoms with Gasteiger partial charge in [-0.2, -0.15) is 0 Å². The van der Waals surface area contributed by atoms with E-state index in [0.717, 1.165) is 17.8 Å². The van der Waals surface area contributed by atoms with E-state index in [1.165, 1.54) is 25.7 Å². The van der Waals surface area contributed by atoms with Crippen molar-refractivity contribution in [2.75, 3.05) is 0 Å². The van der Waals surface area contributed by atoms with Gasteiger partial charge in [0, 0.05) is 0 Å². The molecule has 0 amide bonds. The fourth-order valence-electron chi connectivity index (χ4n) is 4.00. The van der Waals surface area contributed by atoms with Crippen LogP contribution in [0.15, 0.2) is 11.6 Å². The quantitative estimate of drug-likeness (QED) is 0.548. The Morgan fingerprint density at radius 1 is 1.40 bits per heavy atom. The molecule has 0 bridgehead atoms. The molecule has 0 heterocycles. The molecule has 0 heteroatoms. The van der Waals surface area contributed by atoms with E-state index >= 15 is 0 Å². The first kappa shape index (κ1) is 11.2. The molecule has 0 aromatic carbocycles. The highest BCUT2D eigenvalue weighted by atomic mass is 14.5. The van der Waals surface area contributed by atoms with Gasteiger partial charge < -0.3 is 0 Å². The summed E-state index contributed by atoms with van der Waals surface area (Å²) < 4.78 is 0. The van der Waals surface area contributed by atoms with Gasteiger partial charge in [-0.15, -0.1) is 0 Å². The molecule has 1 fully saturated rings. The molecule has 2 aliphatic carbocycles. The van der Waals surface area contributed by atoms with E-state index in [9.17, 15) is 0 Å². The van der Waals surface area contributed by atoms with Gasteiger partial charge in [-0.3, -0.25) is 0 Å². The normalized spacial score (nSPS) is 45.9. The Balaban J connectivity index is 2.29. The zero-order chi connectivity index (χ0) is 11.1. The van der Waals surface area contributed by atoms with E-state index in [2.05, 4.69) is 40.2 Å². The lowest BCUT2D eigenvalue weighted by Crippen LogP contribution is -2.43. The van der Waals surface area contributed by atoms with Crippen molar-refractivity contribution < 1.29 is 0 Å². The number of hydrogen-bond acceptors (Lipinski definition) is 0. The molecule has 0 aliphatic heterocycles. The Bertz CT molecular complexity index is 263. The van der Waals surface area contributed by atoms with Crippen LogP contribution in [0.4, 0.5) is 0 Å². The second-order valence-corrected chi connectivity index (χ2v) is 5.92. The van der Waals surface area contributed by atoms with Crippen LogP contribution in [0.25, 0.3) is 0 Å². The van der Waals surface area contributed by atoms with E-state index in [-0.39, 0.29) is 0 Å². The summed E-state index contributed by atoms with van der Waals surface area (Å²) in [5.41, 5.74) is 2.18. The third kappa shape index (κ3) is 1.66. The van der Waals surface area contributed by atoms with Crippen molar-refractivity contribution in [1.29, 1.82) is 0 Å². The van der Waals surface area contributed by atoms with Crippen molar-refractivity contribution in [3.63, 3.8) is 0 Å². The molecular weight excluding hydrogens is 180 g/mol. The zero-order valence-corrected chi connectivity index (χ0v) is 10.7. The standard InChI is InChI=1S/C15H25/c1-5-13-11(2)9-10-15(4)12(3)7-6-8-14(13)15/h5,7,11,13-14H,6,8-10H2,1-4H3. The summed E-state index contributed by atoms with van der Waals surface area (Å²) in [6, 6.07) is 0. The second-order valence-electron chi connectivity index (χ2n) is 5.92. The maximum absolute atomic E-state index is 2.50. The molecule has 0 saturated heterocycles. The number of hydrogen-bond donors (Lipinski definition) is 0. The highest BCUT2D eigenvalue weighted by Gasteiger charge is 2.45. The van der Waals surface area contributed by atoms with E-state index in [0.29, 0.717) is 5.41 Å². The van der Waals surface area contributed by atoms with Gasteiger partial charge in [0.05, 0.1) is 0 Å². The predicted octanol–water partition coefficient (Wildman–Crippen LogP) is 4.62. The molecular formula is C15H25. The SMILES string of the molecule is C[CH]C1C(C)CCC2(C)C(C)=CCCC12. The molecule has 15 heavy (non-hydrogen) atoms. The largest absolute Gasteiger partial charge is 0.0850 e. The van der Waals surface area contributed by atoms with Crippen LogP contribution < -0.4 is 0 Å². The summed E-state index contributed by atoms with van der Waals surface area (Å²) in [5.74, 6) is 2.67. The number of fused-ring (bicyclic) bond motifs is 1. The molecule has 1 radical (unpaired) electrons. The maximum atomic E-state index is 2.50. The van der Waals surface area contributed by atoms with Crippen molar-refractivity contribution in [3.8, 4) is 0 Å². The Kier molecular flexibility index (Phi) is 2.96. The fourth-order valence-corrected chi connectivity index (χ4v) is 4.00. The van der Waals surface area contributed by atoms with Gasteiger partial charge >= 0.3 is 0 Å². The predicted molar refractivity (Wildman–Crippen MR) is 66.5 cm³/mol. The first-order valence-electron chi connectivity index (χ1n) is 6.56. The van der Waals surface area contributed by atoms with Crippen LogP contribution in [0.5, 0.6) is 0 Å². The third-order valence-electron chi connectivity index (χ3n) is 5.27. The van der Waals surface area contributed by atoms with Crippen LogP contribution in [0.1, 0.15) is 53.4 Å². The summed E-state index contributed by atoms with van der Waals surface area (Å²) in [6.07, 6.45) is 10.5. The molecule has 0 nitrogen and oxygen atoms in total. The summed E-state index contributed by atoms with van der Waals surface area (Å²) in [6.45, 7) is 9.57.